The molecular formula is C15H17NO2. The molecule has 1 aromatic carbocycles. The van der Waals surface area contributed by atoms with E-state index in [1.165, 1.54) is 0 Å². The molecule has 2 unspecified atom stereocenters. The Morgan fingerprint density at radius 2 is 2.17 bits per heavy atom. The number of benzene rings is 1. The van der Waals surface area contributed by atoms with Gasteiger partial charge in [0.15, 0.2) is 0 Å². The molecular weight excluding hydrogens is 226 g/mol. The fraction of sp³-hybridized carbons (Fsp3) is 0.400. The zero-order chi connectivity index (χ0) is 12.5. The number of aliphatic hydroxyl groups is 1. The van der Waals surface area contributed by atoms with Gasteiger partial charge in [0.2, 0.25) is 0 Å². The van der Waals surface area contributed by atoms with Crippen LogP contribution in [0.15, 0.2) is 36.5 Å². The number of pyridine rings is 1. The SMILES string of the molecule is COC(C1CC1)C(O)c1ccc2ncccc2c1. The fourth-order valence-electron chi connectivity index (χ4n) is 2.47. The van der Waals surface area contributed by atoms with E-state index < -0.39 is 6.10 Å². The molecule has 3 rings (SSSR count). The summed E-state index contributed by atoms with van der Waals surface area (Å²) in [5.74, 6) is 0.509. The summed E-state index contributed by atoms with van der Waals surface area (Å²) in [6.07, 6.45) is 3.46. The second-order valence-corrected chi connectivity index (χ2v) is 4.94. The van der Waals surface area contributed by atoms with Crippen LogP contribution in [0.2, 0.25) is 0 Å². The molecule has 0 aliphatic heterocycles. The summed E-state index contributed by atoms with van der Waals surface area (Å²) in [6, 6.07) is 9.81. The van der Waals surface area contributed by atoms with E-state index in [1.807, 2.05) is 30.3 Å². The van der Waals surface area contributed by atoms with Crippen LogP contribution in [0.5, 0.6) is 0 Å². The maximum Gasteiger partial charge on any atom is 0.105 e. The third-order valence-electron chi connectivity index (χ3n) is 3.64. The predicted molar refractivity (Wildman–Crippen MR) is 70.2 cm³/mol. The van der Waals surface area contributed by atoms with Crippen LogP contribution in [-0.4, -0.2) is 23.3 Å². The summed E-state index contributed by atoms with van der Waals surface area (Å²) in [5.41, 5.74) is 1.86. The van der Waals surface area contributed by atoms with Gasteiger partial charge >= 0.3 is 0 Å². The molecule has 1 aromatic heterocycles. The van der Waals surface area contributed by atoms with E-state index in [0.717, 1.165) is 29.3 Å². The second kappa shape index (κ2) is 4.67. The monoisotopic (exact) mass is 243 g/mol. The van der Waals surface area contributed by atoms with Gasteiger partial charge in [0.25, 0.3) is 0 Å². The van der Waals surface area contributed by atoms with E-state index in [2.05, 4.69) is 4.98 Å². The Hall–Kier alpha value is -1.45. The third-order valence-corrected chi connectivity index (χ3v) is 3.64. The Kier molecular flexibility index (Phi) is 3.02. The molecule has 0 saturated heterocycles. The molecule has 1 heterocycles. The Morgan fingerprint density at radius 3 is 2.89 bits per heavy atom. The lowest BCUT2D eigenvalue weighted by molar-refractivity contribution is -0.0258. The van der Waals surface area contributed by atoms with E-state index in [-0.39, 0.29) is 6.10 Å². The van der Waals surface area contributed by atoms with Crippen LogP contribution < -0.4 is 0 Å². The van der Waals surface area contributed by atoms with Crippen LogP contribution in [0.1, 0.15) is 24.5 Å². The summed E-state index contributed by atoms with van der Waals surface area (Å²) in [5, 5.41) is 11.5. The van der Waals surface area contributed by atoms with Gasteiger partial charge in [-0.15, -0.1) is 0 Å². The van der Waals surface area contributed by atoms with Crippen LogP contribution in [0.25, 0.3) is 10.9 Å². The van der Waals surface area contributed by atoms with E-state index in [0.29, 0.717) is 5.92 Å². The molecule has 2 aromatic rings. The van der Waals surface area contributed by atoms with Gasteiger partial charge in [-0.2, -0.15) is 0 Å². The smallest absolute Gasteiger partial charge is 0.105 e. The molecule has 1 saturated carbocycles. The average Bonchev–Trinajstić information content (AvgIpc) is 3.23. The number of methoxy groups -OCH3 is 1. The number of rotatable bonds is 4. The molecule has 1 fully saturated rings. The molecule has 3 heteroatoms. The van der Waals surface area contributed by atoms with Crippen molar-refractivity contribution in [1.82, 2.24) is 4.98 Å². The number of fused-ring (bicyclic) bond motifs is 1. The van der Waals surface area contributed by atoms with E-state index in [4.69, 9.17) is 4.74 Å². The first kappa shape index (κ1) is 11.6. The van der Waals surface area contributed by atoms with Gasteiger partial charge < -0.3 is 9.84 Å². The molecule has 1 aliphatic rings. The molecule has 1 aliphatic carbocycles. The van der Waals surface area contributed by atoms with Gasteiger partial charge in [-0.3, -0.25) is 4.98 Å². The normalized spacial score (nSPS) is 18.8. The summed E-state index contributed by atoms with van der Waals surface area (Å²) in [6.45, 7) is 0. The lowest BCUT2D eigenvalue weighted by Gasteiger charge is -2.21. The highest BCUT2D eigenvalue weighted by atomic mass is 16.5. The third kappa shape index (κ3) is 2.11. The van der Waals surface area contributed by atoms with Gasteiger partial charge in [-0.05, 0) is 42.5 Å². The van der Waals surface area contributed by atoms with Gasteiger partial charge in [0.1, 0.15) is 6.10 Å². The molecule has 18 heavy (non-hydrogen) atoms. The first-order chi connectivity index (χ1) is 8.79. The lowest BCUT2D eigenvalue weighted by atomic mass is 9.99. The van der Waals surface area contributed by atoms with Gasteiger partial charge in [0, 0.05) is 18.7 Å². The van der Waals surface area contributed by atoms with Crippen LogP contribution in [0, 0.1) is 5.92 Å². The first-order valence-electron chi connectivity index (χ1n) is 6.35. The summed E-state index contributed by atoms with van der Waals surface area (Å²) in [7, 11) is 1.68. The average molecular weight is 243 g/mol. The maximum atomic E-state index is 10.4. The van der Waals surface area contributed by atoms with Crippen LogP contribution in [-0.2, 0) is 4.74 Å². The Morgan fingerprint density at radius 1 is 1.33 bits per heavy atom. The molecule has 94 valence electrons. The van der Waals surface area contributed by atoms with Crippen molar-refractivity contribution < 1.29 is 9.84 Å². The van der Waals surface area contributed by atoms with Crippen molar-refractivity contribution in [2.45, 2.75) is 25.0 Å². The van der Waals surface area contributed by atoms with Crippen molar-refractivity contribution >= 4 is 10.9 Å². The number of aliphatic hydroxyl groups excluding tert-OH is 1. The zero-order valence-electron chi connectivity index (χ0n) is 10.4. The van der Waals surface area contributed by atoms with Crippen molar-refractivity contribution in [2.75, 3.05) is 7.11 Å². The highest BCUT2D eigenvalue weighted by Gasteiger charge is 2.36. The number of hydrogen-bond donors (Lipinski definition) is 1. The van der Waals surface area contributed by atoms with Crippen LogP contribution in [0.4, 0.5) is 0 Å². The minimum Gasteiger partial charge on any atom is -0.386 e. The summed E-state index contributed by atoms with van der Waals surface area (Å²) < 4.78 is 5.44. The van der Waals surface area contributed by atoms with Gasteiger partial charge in [-0.1, -0.05) is 12.1 Å². The van der Waals surface area contributed by atoms with Crippen molar-refractivity contribution in [3.63, 3.8) is 0 Å². The highest BCUT2D eigenvalue weighted by Crippen LogP contribution is 2.40. The number of nitrogens with zero attached hydrogens (tertiary/aromatic N) is 1. The molecule has 3 nitrogen and oxygen atoms in total. The van der Waals surface area contributed by atoms with Crippen molar-refractivity contribution in [1.29, 1.82) is 0 Å². The number of aromatic nitrogens is 1. The van der Waals surface area contributed by atoms with Gasteiger partial charge in [0.05, 0.1) is 11.6 Å². The minimum absolute atomic E-state index is 0.0841. The quantitative estimate of drug-likeness (QED) is 0.897. The summed E-state index contributed by atoms with van der Waals surface area (Å²) >= 11 is 0. The van der Waals surface area contributed by atoms with E-state index in [1.54, 1.807) is 13.3 Å². The van der Waals surface area contributed by atoms with Gasteiger partial charge in [-0.25, -0.2) is 0 Å². The standard InChI is InChI=1S/C15H17NO2/c1-18-15(10-4-5-10)14(17)12-6-7-13-11(9-12)3-2-8-16-13/h2-3,6-10,14-15,17H,4-5H2,1H3. The van der Waals surface area contributed by atoms with Crippen LogP contribution >= 0.6 is 0 Å². The Balaban J connectivity index is 1.92. The number of ether oxygens (including phenoxy) is 1. The summed E-state index contributed by atoms with van der Waals surface area (Å²) in [4.78, 5) is 4.28. The van der Waals surface area contributed by atoms with Crippen molar-refractivity contribution in [3.05, 3.63) is 42.1 Å². The molecule has 0 radical (unpaired) electrons. The van der Waals surface area contributed by atoms with E-state index >= 15 is 0 Å². The molecule has 1 N–H and O–H groups in total. The topological polar surface area (TPSA) is 42.4 Å². The van der Waals surface area contributed by atoms with Crippen molar-refractivity contribution in [3.8, 4) is 0 Å². The van der Waals surface area contributed by atoms with E-state index in [9.17, 15) is 5.11 Å². The Bertz CT molecular complexity index is 551. The largest absolute Gasteiger partial charge is 0.386 e. The maximum absolute atomic E-state index is 10.4. The minimum atomic E-state index is -0.549. The molecule has 0 amide bonds. The molecule has 0 spiro atoms. The fourth-order valence-corrected chi connectivity index (χ4v) is 2.47. The Labute approximate surface area is 106 Å². The highest BCUT2D eigenvalue weighted by molar-refractivity contribution is 5.79. The van der Waals surface area contributed by atoms with Crippen molar-refractivity contribution in [2.24, 2.45) is 5.92 Å². The first-order valence-corrected chi connectivity index (χ1v) is 6.35. The molecule has 0 bridgehead atoms. The lowest BCUT2D eigenvalue weighted by Crippen LogP contribution is -2.23. The zero-order valence-corrected chi connectivity index (χ0v) is 10.4. The van der Waals surface area contributed by atoms with Crippen LogP contribution in [0.3, 0.4) is 0 Å². The molecule has 2 atom stereocenters. The second-order valence-electron chi connectivity index (χ2n) is 4.94. The predicted octanol–water partition coefficient (Wildman–Crippen LogP) is 2.69. The number of hydrogen-bond acceptors (Lipinski definition) is 3.